The molecule has 0 bridgehead atoms. The summed E-state index contributed by atoms with van der Waals surface area (Å²) in [6.45, 7) is 4.15. The van der Waals surface area contributed by atoms with E-state index in [1.165, 1.54) is 16.3 Å². The van der Waals surface area contributed by atoms with Crippen LogP contribution in [0.3, 0.4) is 0 Å². The summed E-state index contributed by atoms with van der Waals surface area (Å²) in [6.07, 6.45) is 0. The lowest BCUT2D eigenvalue weighted by Gasteiger charge is -2.13. The topological polar surface area (TPSA) is 24.9 Å². The van der Waals surface area contributed by atoms with Crippen LogP contribution in [0.1, 0.15) is 11.3 Å². The standard InChI is InChI=1S/C21H18N2/c1-14-10-11-20-18(12-14)21(13-15(2)22-20)23-19-9-5-7-16-6-3-4-8-17(16)19/h3-13H,1-2H3,(H,22,23). The second-order valence-electron chi connectivity index (χ2n) is 5.98. The minimum atomic E-state index is 1.02. The highest BCUT2D eigenvalue weighted by Gasteiger charge is 2.07. The lowest BCUT2D eigenvalue weighted by molar-refractivity contribution is 1.25. The van der Waals surface area contributed by atoms with Crippen molar-refractivity contribution in [1.29, 1.82) is 0 Å². The largest absolute Gasteiger partial charge is 0.354 e. The monoisotopic (exact) mass is 298 g/mol. The number of aromatic nitrogens is 1. The van der Waals surface area contributed by atoms with Crippen LogP contribution in [0.2, 0.25) is 0 Å². The molecule has 0 aliphatic rings. The van der Waals surface area contributed by atoms with E-state index in [4.69, 9.17) is 0 Å². The van der Waals surface area contributed by atoms with Crippen LogP contribution in [-0.2, 0) is 0 Å². The molecule has 4 aromatic rings. The van der Waals surface area contributed by atoms with E-state index >= 15 is 0 Å². The highest BCUT2D eigenvalue weighted by Crippen LogP contribution is 2.31. The lowest BCUT2D eigenvalue weighted by atomic mass is 10.1. The number of hydrogen-bond donors (Lipinski definition) is 1. The number of nitrogens with zero attached hydrogens (tertiary/aromatic N) is 1. The number of nitrogens with one attached hydrogen (secondary N) is 1. The molecule has 4 rings (SSSR count). The number of rotatable bonds is 2. The van der Waals surface area contributed by atoms with E-state index in [1.54, 1.807) is 0 Å². The van der Waals surface area contributed by atoms with Crippen molar-refractivity contribution in [3.63, 3.8) is 0 Å². The smallest absolute Gasteiger partial charge is 0.0726 e. The molecule has 2 nitrogen and oxygen atoms in total. The Labute approximate surface area is 135 Å². The van der Waals surface area contributed by atoms with E-state index in [1.807, 2.05) is 6.92 Å². The maximum atomic E-state index is 4.64. The minimum absolute atomic E-state index is 1.02. The average Bonchev–Trinajstić information content (AvgIpc) is 2.56. The van der Waals surface area contributed by atoms with Crippen LogP contribution < -0.4 is 5.32 Å². The summed E-state index contributed by atoms with van der Waals surface area (Å²) in [7, 11) is 0. The molecule has 23 heavy (non-hydrogen) atoms. The normalized spacial score (nSPS) is 11.0. The van der Waals surface area contributed by atoms with Gasteiger partial charge in [-0.25, -0.2) is 0 Å². The number of benzene rings is 3. The molecular weight excluding hydrogens is 280 g/mol. The maximum Gasteiger partial charge on any atom is 0.0726 e. The third-order valence-corrected chi connectivity index (χ3v) is 4.15. The van der Waals surface area contributed by atoms with E-state index in [-0.39, 0.29) is 0 Å². The highest BCUT2D eigenvalue weighted by atomic mass is 14.9. The first-order chi connectivity index (χ1) is 11.2. The van der Waals surface area contributed by atoms with Crippen molar-refractivity contribution in [2.45, 2.75) is 13.8 Å². The quantitative estimate of drug-likeness (QED) is 0.510. The van der Waals surface area contributed by atoms with Gasteiger partial charge in [-0.3, -0.25) is 4.98 Å². The van der Waals surface area contributed by atoms with Crippen LogP contribution in [0, 0.1) is 13.8 Å². The van der Waals surface area contributed by atoms with Gasteiger partial charge < -0.3 is 5.32 Å². The molecule has 0 spiro atoms. The first-order valence-electron chi connectivity index (χ1n) is 7.83. The predicted octanol–water partition coefficient (Wildman–Crippen LogP) is 5.75. The van der Waals surface area contributed by atoms with Gasteiger partial charge in [-0.1, -0.05) is 48.0 Å². The maximum absolute atomic E-state index is 4.64. The Morgan fingerprint density at radius 2 is 1.57 bits per heavy atom. The summed E-state index contributed by atoms with van der Waals surface area (Å²) in [5, 5.41) is 7.24. The first kappa shape index (κ1) is 13.8. The van der Waals surface area contributed by atoms with Crippen LogP contribution in [-0.4, -0.2) is 4.98 Å². The van der Waals surface area contributed by atoms with E-state index < -0.39 is 0 Å². The molecule has 1 heterocycles. The molecular formula is C21H18N2. The molecule has 0 saturated heterocycles. The molecule has 0 aliphatic heterocycles. The Morgan fingerprint density at radius 3 is 2.48 bits per heavy atom. The predicted molar refractivity (Wildman–Crippen MR) is 98.4 cm³/mol. The molecule has 2 heteroatoms. The lowest BCUT2D eigenvalue weighted by Crippen LogP contribution is -1.96. The summed E-state index contributed by atoms with van der Waals surface area (Å²) in [5.74, 6) is 0. The zero-order chi connectivity index (χ0) is 15.8. The Hall–Kier alpha value is -2.87. The molecule has 0 fully saturated rings. The Kier molecular flexibility index (Phi) is 3.23. The van der Waals surface area contributed by atoms with Crippen molar-refractivity contribution >= 4 is 33.1 Å². The highest BCUT2D eigenvalue weighted by molar-refractivity contribution is 5.99. The van der Waals surface area contributed by atoms with E-state index in [9.17, 15) is 0 Å². The van der Waals surface area contributed by atoms with Crippen molar-refractivity contribution in [1.82, 2.24) is 4.98 Å². The zero-order valence-corrected chi connectivity index (χ0v) is 13.3. The second-order valence-corrected chi connectivity index (χ2v) is 5.98. The van der Waals surface area contributed by atoms with Crippen LogP contribution in [0.15, 0.2) is 66.7 Å². The van der Waals surface area contributed by atoms with Gasteiger partial charge in [0.05, 0.1) is 5.52 Å². The number of anilines is 2. The Morgan fingerprint density at radius 1 is 0.739 bits per heavy atom. The zero-order valence-electron chi connectivity index (χ0n) is 13.3. The number of pyridine rings is 1. The molecule has 0 aliphatic carbocycles. The van der Waals surface area contributed by atoms with Crippen molar-refractivity contribution in [3.8, 4) is 0 Å². The summed E-state index contributed by atoms with van der Waals surface area (Å²) in [4.78, 5) is 4.64. The van der Waals surface area contributed by atoms with E-state index in [2.05, 4.69) is 84.0 Å². The first-order valence-corrected chi connectivity index (χ1v) is 7.83. The molecule has 0 amide bonds. The molecule has 0 unspecified atom stereocenters. The van der Waals surface area contributed by atoms with Crippen LogP contribution >= 0.6 is 0 Å². The SMILES string of the molecule is Cc1ccc2nc(C)cc(Nc3cccc4ccccc34)c2c1. The Balaban J connectivity index is 1.91. The van der Waals surface area contributed by atoms with Crippen LogP contribution in [0.5, 0.6) is 0 Å². The Bertz CT molecular complexity index is 1010. The van der Waals surface area contributed by atoms with Crippen molar-refractivity contribution in [2.75, 3.05) is 5.32 Å². The van der Waals surface area contributed by atoms with E-state index in [0.717, 1.165) is 28.0 Å². The molecule has 1 N–H and O–H groups in total. The third kappa shape index (κ3) is 2.53. The molecule has 0 saturated carbocycles. The molecule has 1 aromatic heterocycles. The summed E-state index contributed by atoms with van der Waals surface area (Å²) < 4.78 is 0. The second kappa shape index (κ2) is 5.40. The van der Waals surface area contributed by atoms with Crippen molar-refractivity contribution in [2.24, 2.45) is 0 Å². The van der Waals surface area contributed by atoms with Crippen molar-refractivity contribution in [3.05, 3.63) is 78.0 Å². The average molecular weight is 298 g/mol. The number of fused-ring (bicyclic) bond motifs is 2. The number of hydrogen-bond acceptors (Lipinski definition) is 2. The van der Waals surface area contributed by atoms with Gasteiger partial charge in [0.25, 0.3) is 0 Å². The summed E-state index contributed by atoms with van der Waals surface area (Å²) >= 11 is 0. The summed E-state index contributed by atoms with van der Waals surface area (Å²) in [5.41, 5.74) is 5.51. The molecule has 112 valence electrons. The van der Waals surface area contributed by atoms with Gasteiger partial charge >= 0.3 is 0 Å². The minimum Gasteiger partial charge on any atom is -0.354 e. The van der Waals surface area contributed by atoms with Gasteiger partial charge in [0, 0.05) is 27.8 Å². The number of aryl methyl sites for hydroxylation is 2. The fourth-order valence-corrected chi connectivity index (χ4v) is 3.05. The van der Waals surface area contributed by atoms with E-state index in [0.29, 0.717) is 0 Å². The van der Waals surface area contributed by atoms with Gasteiger partial charge in [0.2, 0.25) is 0 Å². The van der Waals surface area contributed by atoms with Crippen LogP contribution in [0.4, 0.5) is 11.4 Å². The fraction of sp³-hybridized carbons (Fsp3) is 0.0952. The summed E-state index contributed by atoms with van der Waals surface area (Å²) in [6, 6.07) is 23.3. The van der Waals surface area contributed by atoms with Gasteiger partial charge in [0.15, 0.2) is 0 Å². The van der Waals surface area contributed by atoms with Crippen LogP contribution in [0.25, 0.3) is 21.7 Å². The molecule has 0 radical (unpaired) electrons. The third-order valence-electron chi connectivity index (χ3n) is 4.15. The fourth-order valence-electron chi connectivity index (χ4n) is 3.05. The van der Waals surface area contributed by atoms with Gasteiger partial charge in [-0.2, -0.15) is 0 Å². The molecule has 3 aromatic carbocycles. The van der Waals surface area contributed by atoms with Crippen molar-refractivity contribution < 1.29 is 0 Å². The molecule has 0 atom stereocenters. The van der Waals surface area contributed by atoms with Gasteiger partial charge in [-0.05, 0) is 43.5 Å². The van der Waals surface area contributed by atoms with Gasteiger partial charge in [0.1, 0.15) is 0 Å². The van der Waals surface area contributed by atoms with Gasteiger partial charge in [-0.15, -0.1) is 0 Å².